The minimum Gasteiger partial charge on any atom is -0.348 e. The van der Waals surface area contributed by atoms with Crippen molar-refractivity contribution in [2.45, 2.75) is 31.2 Å². The van der Waals surface area contributed by atoms with Crippen LogP contribution in [0.5, 0.6) is 0 Å². The lowest BCUT2D eigenvalue weighted by Gasteiger charge is -2.35. The first kappa shape index (κ1) is 8.34. The van der Waals surface area contributed by atoms with Crippen molar-refractivity contribution in [3.63, 3.8) is 0 Å². The molecule has 0 saturated heterocycles. The van der Waals surface area contributed by atoms with Gasteiger partial charge >= 0.3 is 0 Å². The fraction of sp³-hybridized carbons (Fsp3) is 0.583. The molecule has 2 heterocycles. The minimum absolute atomic E-state index is 0.175. The van der Waals surface area contributed by atoms with Crippen LogP contribution in [0.4, 0.5) is 0 Å². The van der Waals surface area contributed by atoms with Gasteiger partial charge < -0.3 is 5.32 Å². The average molecular weight is 219 g/mol. The largest absolute Gasteiger partial charge is 0.348 e. The van der Waals surface area contributed by atoms with Crippen molar-refractivity contribution < 1.29 is 4.79 Å². The number of nitrogens with one attached hydrogen (secondary N) is 1. The fourth-order valence-electron chi connectivity index (χ4n) is 3.93. The summed E-state index contributed by atoms with van der Waals surface area (Å²) in [7, 11) is 0. The van der Waals surface area contributed by atoms with Crippen molar-refractivity contribution in [3.05, 3.63) is 21.9 Å². The molecule has 3 aliphatic rings. The number of carbonyl (C=O) groups excluding carboxylic acids is 1. The molecule has 3 heteroatoms. The quantitative estimate of drug-likeness (QED) is 0.713. The Kier molecular flexibility index (Phi) is 1.47. The summed E-state index contributed by atoms with van der Waals surface area (Å²) in [6.45, 7) is 0. The topological polar surface area (TPSA) is 29.1 Å². The normalized spacial score (nSPS) is 41.2. The predicted octanol–water partition coefficient (Wildman–Crippen LogP) is 2.37. The Bertz CT molecular complexity index is 439. The Hall–Kier alpha value is -0.830. The van der Waals surface area contributed by atoms with E-state index in [4.69, 9.17) is 0 Å². The summed E-state index contributed by atoms with van der Waals surface area (Å²) in [4.78, 5) is 12.8. The van der Waals surface area contributed by atoms with Crippen molar-refractivity contribution in [3.8, 4) is 0 Å². The molecule has 1 amide bonds. The second-order valence-electron chi connectivity index (χ2n) is 5.06. The summed E-state index contributed by atoms with van der Waals surface area (Å²) < 4.78 is 0. The number of fused-ring (bicyclic) bond motifs is 7. The molecule has 1 aromatic rings. The highest BCUT2D eigenvalue weighted by atomic mass is 32.1. The van der Waals surface area contributed by atoms with Gasteiger partial charge in [-0.15, -0.1) is 11.3 Å². The summed E-state index contributed by atoms with van der Waals surface area (Å²) >= 11 is 1.60. The highest BCUT2D eigenvalue weighted by molar-refractivity contribution is 7.12. The van der Waals surface area contributed by atoms with Gasteiger partial charge in [0.15, 0.2) is 0 Å². The van der Waals surface area contributed by atoms with E-state index in [9.17, 15) is 4.79 Å². The molecule has 1 aliphatic heterocycles. The van der Waals surface area contributed by atoms with E-state index in [-0.39, 0.29) is 5.91 Å². The molecule has 0 radical (unpaired) electrons. The molecule has 2 bridgehead atoms. The van der Waals surface area contributed by atoms with E-state index in [1.807, 2.05) is 0 Å². The third-order valence-corrected chi connectivity index (χ3v) is 5.40. The van der Waals surface area contributed by atoms with Gasteiger partial charge in [0.1, 0.15) is 0 Å². The Morgan fingerprint density at radius 2 is 2.20 bits per heavy atom. The first-order chi connectivity index (χ1) is 7.34. The third kappa shape index (κ3) is 0.924. The molecule has 4 rings (SSSR count). The lowest BCUT2D eigenvalue weighted by Crippen LogP contribution is -2.46. The standard InChI is InChI=1S/C12H13NOS/c14-12-11-8(3-4-15-11)9-6-1-2-7(5-6)10(9)13-12/h3-4,6-7,9-10H,1-2,5H2,(H,13,14)/t6-,7+,9-,10-/m0/s1. The molecular weight excluding hydrogens is 206 g/mol. The molecule has 2 aliphatic carbocycles. The molecule has 78 valence electrons. The van der Waals surface area contributed by atoms with Gasteiger partial charge in [0, 0.05) is 12.0 Å². The van der Waals surface area contributed by atoms with E-state index in [0.29, 0.717) is 12.0 Å². The van der Waals surface area contributed by atoms with Crippen LogP contribution in [0.3, 0.4) is 0 Å². The maximum atomic E-state index is 11.9. The van der Waals surface area contributed by atoms with E-state index in [0.717, 1.165) is 16.7 Å². The van der Waals surface area contributed by atoms with Gasteiger partial charge in [-0.3, -0.25) is 4.79 Å². The van der Waals surface area contributed by atoms with Gasteiger partial charge in [0.25, 0.3) is 5.91 Å². The van der Waals surface area contributed by atoms with Gasteiger partial charge in [0.2, 0.25) is 0 Å². The van der Waals surface area contributed by atoms with Crippen LogP contribution in [-0.2, 0) is 0 Å². The maximum absolute atomic E-state index is 11.9. The van der Waals surface area contributed by atoms with E-state index in [1.165, 1.54) is 24.8 Å². The van der Waals surface area contributed by atoms with Crippen LogP contribution in [0.15, 0.2) is 11.4 Å². The molecule has 2 fully saturated rings. The highest BCUT2D eigenvalue weighted by Crippen LogP contribution is 2.55. The SMILES string of the molecule is O=C1N[C@H]2[C@@H]3CC[C@@H](C3)[C@H]2c2ccsc21. The first-order valence-corrected chi connectivity index (χ1v) is 6.61. The lowest BCUT2D eigenvalue weighted by atomic mass is 9.78. The second-order valence-corrected chi connectivity index (χ2v) is 5.98. The Morgan fingerprint density at radius 3 is 3.13 bits per heavy atom. The zero-order valence-electron chi connectivity index (χ0n) is 8.40. The molecule has 2 saturated carbocycles. The van der Waals surface area contributed by atoms with Crippen LogP contribution < -0.4 is 5.32 Å². The maximum Gasteiger partial charge on any atom is 0.261 e. The number of amides is 1. The van der Waals surface area contributed by atoms with Gasteiger partial charge in [-0.1, -0.05) is 0 Å². The van der Waals surface area contributed by atoms with E-state index in [1.54, 1.807) is 11.3 Å². The van der Waals surface area contributed by atoms with Gasteiger partial charge in [-0.2, -0.15) is 0 Å². The molecule has 2 nitrogen and oxygen atoms in total. The van der Waals surface area contributed by atoms with Crippen molar-refractivity contribution in [2.24, 2.45) is 11.8 Å². The summed E-state index contributed by atoms with van der Waals surface area (Å²) in [5.41, 5.74) is 1.35. The molecule has 15 heavy (non-hydrogen) atoms. The van der Waals surface area contributed by atoms with Crippen LogP contribution in [0, 0.1) is 11.8 Å². The Balaban J connectivity index is 1.88. The number of thiophene rings is 1. The van der Waals surface area contributed by atoms with Gasteiger partial charge in [-0.05, 0) is 48.1 Å². The lowest BCUT2D eigenvalue weighted by molar-refractivity contribution is 0.0901. The van der Waals surface area contributed by atoms with Crippen LogP contribution in [0.1, 0.15) is 40.4 Å². The van der Waals surface area contributed by atoms with E-state index in [2.05, 4.69) is 16.8 Å². The molecule has 1 N–H and O–H groups in total. The molecule has 0 unspecified atom stereocenters. The van der Waals surface area contributed by atoms with Crippen molar-refractivity contribution >= 4 is 17.2 Å². The van der Waals surface area contributed by atoms with Crippen LogP contribution in [0.25, 0.3) is 0 Å². The molecular formula is C12H13NOS. The Morgan fingerprint density at radius 1 is 1.33 bits per heavy atom. The minimum atomic E-state index is 0.175. The summed E-state index contributed by atoms with van der Waals surface area (Å²) in [6, 6.07) is 2.63. The summed E-state index contributed by atoms with van der Waals surface area (Å²) in [5.74, 6) is 2.42. The van der Waals surface area contributed by atoms with E-state index < -0.39 is 0 Å². The number of rotatable bonds is 0. The number of carbonyl (C=O) groups is 1. The van der Waals surface area contributed by atoms with Crippen LogP contribution in [0.2, 0.25) is 0 Å². The molecule has 1 aromatic heterocycles. The zero-order valence-corrected chi connectivity index (χ0v) is 9.22. The number of hydrogen-bond acceptors (Lipinski definition) is 2. The van der Waals surface area contributed by atoms with Crippen molar-refractivity contribution in [1.29, 1.82) is 0 Å². The summed E-state index contributed by atoms with van der Waals surface area (Å²) in [5, 5.41) is 5.29. The van der Waals surface area contributed by atoms with Crippen LogP contribution in [-0.4, -0.2) is 11.9 Å². The van der Waals surface area contributed by atoms with Crippen molar-refractivity contribution in [2.75, 3.05) is 0 Å². The third-order valence-electron chi connectivity index (χ3n) is 4.48. The van der Waals surface area contributed by atoms with E-state index >= 15 is 0 Å². The van der Waals surface area contributed by atoms with Gasteiger partial charge in [0.05, 0.1) is 4.88 Å². The fourth-order valence-corrected chi connectivity index (χ4v) is 4.79. The molecule has 0 aromatic carbocycles. The first-order valence-electron chi connectivity index (χ1n) is 5.73. The van der Waals surface area contributed by atoms with Crippen LogP contribution >= 0.6 is 11.3 Å². The highest BCUT2D eigenvalue weighted by Gasteiger charge is 2.51. The second kappa shape index (κ2) is 2.64. The molecule has 4 atom stereocenters. The predicted molar refractivity (Wildman–Crippen MR) is 59.1 cm³/mol. The average Bonchev–Trinajstić information content (AvgIpc) is 2.91. The number of hydrogen-bond donors (Lipinski definition) is 1. The van der Waals surface area contributed by atoms with Gasteiger partial charge in [-0.25, -0.2) is 0 Å². The smallest absolute Gasteiger partial charge is 0.261 e. The summed E-state index contributed by atoms with van der Waals surface area (Å²) in [6.07, 6.45) is 4.04. The molecule has 0 spiro atoms. The van der Waals surface area contributed by atoms with Crippen molar-refractivity contribution in [1.82, 2.24) is 5.32 Å². The monoisotopic (exact) mass is 219 g/mol. The Labute approximate surface area is 92.7 Å². The zero-order chi connectivity index (χ0) is 9.99.